The van der Waals surface area contributed by atoms with Gasteiger partial charge in [0.25, 0.3) is 0 Å². The summed E-state index contributed by atoms with van der Waals surface area (Å²) in [4.78, 5) is 2.10. The Morgan fingerprint density at radius 1 is 1.54 bits per heavy atom. The first-order valence-corrected chi connectivity index (χ1v) is 5.18. The Bertz CT molecular complexity index is 241. The maximum atomic E-state index is 5.30. The molecule has 1 heterocycles. The Balaban J connectivity index is 2.12. The van der Waals surface area contributed by atoms with Crippen LogP contribution in [0.25, 0.3) is 6.08 Å². The molecule has 0 bridgehead atoms. The average molecular weight is 197 g/mol. The van der Waals surface area contributed by atoms with Crippen molar-refractivity contribution in [1.82, 2.24) is 4.90 Å². The molecule has 0 aliphatic heterocycles. The van der Waals surface area contributed by atoms with Gasteiger partial charge in [-0.3, -0.25) is 0 Å². The molecule has 0 N–H and O–H groups in total. The minimum atomic E-state index is 0.744. The summed E-state index contributed by atoms with van der Waals surface area (Å²) in [5.74, 6) is 0. The van der Waals surface area contributed by atoms with Crippen molar-refractivity contribution in [3.8, 4) is 0 Å². The highest BCUT2D eigenvalue weighted by Gasteiger charge is 1.87. The van der Waals surface area contributed by atoms with Crippen LogP contribution < -0.4 is 0 Å². The number of likely N-dealkylation sites (N-methyl/N-ethyl adjacent to an activating group) is 1. The predicted octanol–water partition coefficient (Wildman–Crippen LogP) is 2.30. The van der Waals surface area contributed by atoms with Gasteiger partial charge in [0.05, 0.1) is 12.9 Å². The van der Waals surface area contributed by atoms with Crippen LogP contribution in [-0.4, -0.2) is 32.1 Å². The molecular weight excluding hydrogens is 182 g/mol. The summed E-state index contributed by atoms with van der Waals surface area (Å²) in [5, 5.41) is 4.14. The molecule has 0 spiro atoms. The fraction of sp³-hybridized carbons (Fsp3) is 0.400. The summed E-state index contributed by atoms with van der Waals surface area (Å²) in [7, 11) is 4.07. The minimum Gasteiger partial charge on any atom is -0.500 e. The standard InChI is InChI=1S/C10H15NOS/c1-11(2)5-7-12-6-3-10-4-8-13-9-10/h3-4,6,8-9H,5,7H2,1-2H3/b6-3-. The number of hydrogen-bond acceptors (Lipinski definition) is 3. The highest BCUT2D eigenvalue weighted by Crippen LogP contribution is 2.07. The lowest BCUT2D eigenvalue weighted by atomic mass is 10.3. The van der Waals surface area contributed by atoms with Gasteiger partial charge in [0.15, 0.2) is 0 Å². The fourth-order valence-corrected chi connectivity index (χ4v) is 1.43. The second-order valence-corrected chi connectivity index (χ2v) is 3.81. The van der Waals surface area contributed by atoms with Gasteiger partial charge >= 0.3 is 0 Å². The molecule has 0 unspecified atom stereocenters. The molecule has 0 aliphatic rings. The van der Waals surface area contributed by atoms with Crippen LogP contribution in [-0.2, 0) is 4.74 Å². The number of thiophene rings is 1. The lowest BCUT2D eigenvalue weighted by Crippen LogP contribution is -2.16. The van der Waals surface area contributed by atoms with Crippen LogP contribution in [0.15, 0.2) is 23.1 Å². The van der Waals surface area contributed by atoms with Crippen molar-refractivity contribution in [1.29, 1.82) is 0 Å². The third-order valence-corrected chi connectivity index (χ3v) is 2.26. The quantitative estimate of drug-likeness (QED) is 0.530. The zero-order chi connectivity index (χ0) is 9.52. The van der Waals surface area contributed by atoms with E-state index in [9.17, 15) is 0 Å². The van der Waals surface area contributed by atoms with E-state index in [4.69, 9.17) is 4.74 Å². The van der Waals surface area contributed by atoms with Crippen molar-refractivity contribution < 1.29 is 4.74 Å². The minimum absolute atomic E-state index is 0.744. The highest BCUT2D eigenvalue weighted by molar-refractivity contribution is 7.08. The van der Waals surface area contributed by atoms with Crippen LogP contribution >= 0.6 is 11.3 Å². The summed E-state index contributed by atoms with van der Waals surface area (Å²) >= 11 is 1.69. The lowest BCUT2D eigenvalue weighted by molar-refractivity contribution is 0.214. The molecule has 3 heteroatoms. The van der Waals surface area contributed by atoms with E-state index in [0.717, 1.165) is 13.2 Å². The molecule has 0 radical (unpaired) electrons. The Labute approximate surface area is 83.4 Å². The zero-order valence-electron chi connectivity index (χ0n) is 8.06. The van der Waals surface area contributed by atoms with Crippen LogP contribution in [0, 0.1) is 0 Å². The van der Waals surface area contributed by atoms with Crippen molar-refractivity contribution in [3.05, 3.63) is 28.7 Å². The van der Waals surface area contributed by atoms with Gasteiger partial charge in [0.2, 0.25) is 0 Å². The molecule has 0 saturated heterocycles. The SMILES string of the molecule is CN(C)CCO/C=C\c1ccsc1. The first-order valence-electron chi connectivity index (χ1n) is 4.24. The molecule has 1 aromatic rings. The van der Waals surface area contributed by atoms with E-state index < -0.39 is 0 Å². The van der Waals surface area contributed by atoms with Crippen molar-refractivity contribution >= 4 is 17.4 Å². The largest absolute Gasteiger partial charge is 0.500 e. The Hall–Kier alpha value is -0.800. The zero-order valence-corrected chi connectivity index (χ0v) is 8.88. The smallest absolute Gasteiger partial charge is 0.0999 e. The van der Waals surface area contributed by atoms with Crippen molar-refractivity contribution in [3.63, 3.8) is 0 Å². The highest BCUT2D eigenvalue weighted by atomic mass is 32.1. The maximum absolute atomic E-state index is 5.30. The third-order valence-electron chi connectivity index (χ3n) is 1.56. The maximum Gasteiger partial charge on any atom is 0.0999 e. The number of nitrogens with zero attached hydrogens (tertiary/aromatic N) is 1. The van der Waals surface area contributed by atoms with Crippen LogP contribution in [0.2, 0.25) is 0 Å². The Kier molecular flexibility index (Phi) is 4.57. The molecule has 0 amide bonds. The summed E-state index contributed by atoms with van der Waals surface area (Å²) in [6.45, 7) is 1.70. The van der Waals surface area contributed by atoms with Gasteiger partial charge in [-0.15, -0.1) is 0 Å². The molecule has 1 aromatic heterocycles. The topological polar surface area (TPSA) is 12.5 Å². The normalized spacial score (nSPS) is 11.3. The Morgan fingerprint density at radius 3 is 3.00 bits per heavy atom. The van der Waals surface area contributed by atoms with Crippen molar-refractivity contribution in [2.75, 3.05) is 27.2 Å². The monoisotopic (exact) mass is 197 g/mol. The second-order valence-electron chi connectivity index (χ2n) is 3.03. The van der Waals surface area contributed by atoms with E-state index in [1.54, 1.807) is 17.6 Å². The molecule has 0 aliphatic carbocycles. The summed E-state index contributed by atoms with van der Waals surface area (Å²) in [5.41, 5.74) is 1.20. The van der Waals surface area contributed by atoms with E-state index >= 15 is 0 Å². The van der Waals surface area contributed by atoms with Crippen molar-refractivity contribution in [2.45, 2.75) is 0 Å². The first-order chi connectivity index (χ1) is 6.29. The molecule has 72 valence electrons. The number of ether oxygens (including phenoxy) is 1. The molecule has 0 atom stereocenters. The summed E-state index contributed by atoms with van der Waals surface area (Å²) < 4.78 is 5.30. The molecule has 2 nitrogen and oxygen atoms in total. The van der Waals surface area contributed by atoms with Gasteiger partial charge in [-0.05, 0) is 42.6 Å². The van der Waals surface area contributed by atoms with E-state index in [-0.39, 0.29) is 0 Å². The summed E-state index contributed by atoms with van der Waals surface area (Å²) in [6, 6.07) is 2.07. The van der Waals surface area contributed by atoms with Gasteiger partial charge in [-0.25, -0.2) is 0 Å². The van der Waals surface area contributed by atoms with E-state index in [1.807, 2.05) is 20.2 Å². The molecular formula is C10H15NOS. The van der Waals surface area contributed by atoms with E-state index in [2.05, 4.69) is 21.7 Å². The third kappa shape index (κ3) is 4.70. The molecule has 13 heavy (non-hydrogen) atoms. The molecule has 0 saturated carbocycles. The van der Waals surface area contributed by atoms with Gasteiger partial charge in [0.1, 0.15) is 0 Å². The van der Waals surface area contributed by atoms with Gasteiger partial charge in [-0.1, -0.05) is 0 Å². The van der Waals surface area contributed by atoms with Crippen LogP contribution in [0.3, 0.4) is 0 Å². The molecule has 0 aromatic carbocycles. The number of hydrogen-bond donors (Lipinski definition) is 0. The van der Waals surface area contributed by atoms with Gasteiger partial charge in [-0.2, -0.15) is 11.3 Å². The van der Waals surface area contributed by atoms with Crippen molar-refractivity contribution in [2.24, 2.45) is 0 Å². The molecule has 1 rings (SSSR count). The lowest BCUT2D eigenvalue weighted by Gasteiger charge is -2.07. The molecule has 0 fully saturated rings. The Morgan fingerprint density at radius 2 is 2.38 bits per heavy atom. The summed E-state index contributed by atoms with van der Waals surface area (Å²) in [6.07, 6.45) is 3.73. The average Bonchev–Trinajstić information content (AvgIpc) is 2.55. The van der Waals surface area contributed by atoms with Crippen LogP contribution in [0.4, 0.5) is 0 Å². The fourth-order valence-electron chi connectivity index (χ4n) is 0.800. The number of rotatable bonds is 5. The second kappa shape index (κ2) is 5.78. The van der Waals surface area contributed by atoms with Crippen LogP contribution in [0.5, 0.6) is 0 Å². The first kappa shape index (κ1) is 10.3. The van der Waals surface area contributed by atoms with E-state index in [1.165, 1.54) is 5.56 Å². The van der Waals surface area contributed by atoms with Gasteiger partial charge in [0, 0.05) is 6.54 Å². The van der Waals surface area contributed by atoms with Gasteiger partial charge < -0.3 is 9.64 Å². The van der Waals surface area contributed by atoms with E-state index in [0.29, 0.717) is 0 Å². The van der Waals surface area contributed by atoms with Crippen LogP contribution in [0.1, 0.15) is 5.56 Å². The predicted molar refractivity (Wildman–Crippen MR) is 57.9 cm³/mol.